The van der Waals surface area contributed by atoms with Crippen molar-refractivity contribution in [2.75, 3.05) is 0 Å². The van der Waals surface area contributed by atoms with Crippen molar-refractivity contribution in [3.63, 3.8) is 0 Å². The van der Waals surface area contributed by atoms with E-state index >= 15 is 0 Å². The van der Waals surface area contributed by atoms with Crippen molar-refractivity contribution in [3.8, 4) is 0 Å². The largest absolute Gasteiger partial charge is 0.359 e. The molecule has 0 atom stereocenters. The second-order valence-electron chi connectivity index (χ2n) is 4.80. The molecule has 1 aromatic heterocycles. The summed E-state index contributed by atoms with van der Waals surface area (Å²) in [5.74, 6) is 0. The van der Waals surface area contributed by atoms with Gasteiger partial charge in [0, 0.05) is 23.7 Å². The molecule has 22 heavy (non-hydrogen) atoms. The van der Waals surface area contributed by atoms with Crippen LogP contribution in [0.25, 0.3) is 11.3 Å². The zero-order valence-corrected chi connectivity index (χ0v) is 13.8. The van der Waals surface area contributed by atoms with Crippen LogP contribution >= 0.6 is 11.6 Å². The van der Waals surface area contributed by atoms with E-state index in [-0.39, 0.29) is 0 Å². The van der Waals surface area contributed by atoms with Gasteiger partial charge < -0.3 is 5.32 Å². The van der Waals surface area contributed by atoms with Gasteiger partial charge in [-0.05, 0) is 30.0 Å². The summed E-state index contributed by atoms with van der Waals surface area (Å²) in [7, 11) is 0. The number of hydrogen-bond acceptors (Lipinski definition) is 2. The number of rotatable bonds is 2. The molecular formula is C19H21ClN2. The lowest BCUT2D eigenvalue weighted by atomic mass is 9.92. The van der Waals surface area contributed by atoms with Crippen LogP contribution in [0.3, 0.4) is 0 Å². The fourth-order valence-corrected chi connectivity index (χ4v) is 2.67. The number of pyridine rings is 1. The zero-order valence-electron chi connectivity index (χ0n) is 13.1. The van der Waals surface area contributed by atoms with Crippen LogP contribution in [0.4, 0.5) is 0 Å². The first-order valence-electron chi connectivity index (χ1n) is 7.59. The maximum atomic E-state index is 6.29. The Labute approximate surface area is 137 Å². The topological polar surface area (TPSA) is 24.9 Å². The van der Waals surface area contributed by atoms with E-state index in [0.717, 1.165) is 29.8 Å². The van der Waals surface area contributed by atoms with Crippen LogP contribution in [0.1, 0.15) is 37.8 Å². The molecule has 2 heterocycles. The molecule has 1 aliphatic rings. The summed E-state index contributed by atoms with van der Waals surface area (Å²) in [5.41, 5.74) is 5.52. The van der Waals surface area contributed by atoms with Crippen LogP contribution < -0.4 is 5.32 Å². The van der Waals surface area contributed by atoms with Crippen LogP contribution in [0.2, 0.25) is 5.02 Å². The Morgan fingerprint density at radius 1 is 1.09 bits per heavy atom. The first-order chi connectivity index (χ1) is 10.8. The molecule has 1 aromatic carbocycles. The van der Waals surface area contributed by atoms with Crippen LogP contribution in [0.15, 0.2) is 61.1 Å². The average molecular weight is 313 g/mol. The van der Waals surface area contributed by atoms with E-state index in [4.69, 9.17) is 11.6 Å². The molecule has 0 bridgehead atoms. The lowest BCUT2D eigenvalue weighted by Crippen LogP contribution is -2.18. The number of allylic oxidation sites excluding steroid dienone is 2. The third kappa shape index (κ3) is 3.58. The van der Waals surface area contributed by atoms with Crippen molar-refractivity contribution in [1.82, 2.24) is 10.3 Å². The number of benzene rings is 1. The first-order valence-corrected chi connectivity index (χ1v) is 7.97. The molecule has 3 heteroatoms. The van der Waals surface area contributed by atoms with Crippen molar-refractivity contribution in [2.24, 2.45) is 0 Å². The third-order valence-corrected chi connectivity index (χ3v) is 3.75. The van der Waals surface area contributed by atoms with E-state index < -0.39 is 0 Å². The minimum absolute atomic E-state index is 0.651. The Hall–Kier alpha value is -2.06. The fraction of sp³-hybridized carbons (Fsp3) is 0.211. The molecule has 2 nitrogen and oxygen atoms in total. The molecule has 1 aliphatic heterocycles. The SMILES string of the molecule is C=C1CCC(c2ccccc2)=C(c2ccncc2Cl)N1.CC. The van der Waals surface area contributed by atoms with Gasteiger partial charge in [0.15, 0.2) is 0 Å². The van der Waals surface area contributed by atoms with E-state index in [1.54, 1.807) is 12.4 Å². The summed E-state index contributed by atoms with van der Waals surface area (Å²) < 4.78 is 0. The van der Waals surface area contributed by atoms with Gasteiger partial charge in [-0.2, -0.15) is 0 Å². The number of nitrogens with zero attached hydrogens (tertiary/aromatic N) is 1. The molecule has 0 spiro atoms. The lowest BCUT2D eigenvalue weighted by molar-refractivity contribution is 0.874. The molecular weight excluding hydrogens is 292 g/mol. The van der Waals surface area contributed by atoms with Crippen LogP contribution in [0, 0.1) is 0 Å². The predicted molar refractivity (Wildman–Crippen MR) is 95.4 cm³/mol. The molecule has 1 N–H and O–H groups in total. The minimum Gasteiger partial charge on any atom is -0.359 e. The van der Waals surface area contributed by atoms with Gasteiger partial charge in [-0.15, -0.1) is 0 Å². The number of hydrogen-bond donors (Lipinski definition) is 1. The molecule has 3 rings (SSSR count). The molecule has 0 saturated heterocycles. The normalized spacial score (nSPS) is 14.0. The fourth-order valence-electron chi connectivity index (χ4n) is 2.45. The Balaban J connectivity index is 0.000000847. The summed E-state index contributed by atoms with van der Waals surface area (Å²) in [6, 6.07) is 12.3. The Bertz CT molecular complexity index is 675. The van der Waals surface area contributed by atoms with Gasteiger partial charge in [-0.25, -0.2) is 0 Å². The highest BCUT2D eigenvalue weighted by atomic mass is 35.5. The van der Waals surface area contributed by atoms with E-state index in [0.29, 0.717) is 5.02 Å². The summed E-state index contributed by atoms with van der Waals surface area (Å²) in [6.07, 6.45) is 5.34. The van der Waals surface area contributed by atoms with E-state index in [1.807, 2.05) is 26.0 Å². The molecule has 0 aliphatic carbocycles. The first kappa shape index (κ1) is 16.3. The summed E-state index contributed by atoms with van der Waals surface area (Å²) in [5, 5.41) is 4.05. The highest BCUT2D eigenvalue weighted by molar-refractivity contribution is 6.32. The van der Waals surface area contributed by atoms with Gasteiger partial charge in [0.25, 0.3) is 0 Å². The highest BCUT2D eigenvalue weighted by Gasteiger charge is 2.19. The standard InChI is InChI=1S/C17H15ClN2.C2H6/c1-12-7-8-14(13-5-3-2-4-6-13)17(20-12)15-9-10-19-11-16(15)18;1-2/h2-6,9-11,20H,1,7-8H2;1-2H3. The maximum absolute atomic E-state index is 6.29. The second-order valence-corrected chi connectivity index (χ2v) is 5.21. The number of halogens is 1. The van der Waals surface area contributed by atoms with Crippen molar-refractivity contribution < 1.29 is 0 Å². The molecule has 2 aromatic rings. The quantitative estimate of drug-likeness (QED) is 0.789. The summed E-state index contributed by atoms with van der Waals surface area (Å²) in [4.78, 5) is 4.05. The number of nitrogens with one attached hydrogen (secondary N) is 1. The van der Waals surface area contributed by atoms with Crippen molar-refractivity contribution in [2.45, 2.75) is 26.7 Å². The molecule has 114 valence electrons. The van der Waals surface area contributed by atoms with E-state index in [1.165, 1.54) is 11.1 Å². The van der Waals surface area contributed by atoms with Crippen molar-refractivity contribution in [1.29, 1.82) is 0 Å². The van der Waals surface area contributed by atoms with Gasteiger partial charge >= 0.3 is 0 Å². The minimum atomic E-state index is 0.651. The summed E-state index contributed by atoms with van der Waals surface area (Å²) >= 11 is 6.29. The highest BCUT2D eigenvalue weighted by Crippen LogP contribution is 2.35. The molecule has 0 fully saturated rings. The Morgan fingerprint density at radius 3 is 2.50 bits per heavy atom. The van der Waals surface area contributed by atoms with Crippen LogP contribution in [0.5, 0.6) is 0 Å². The monoisotopic (exact) mass is 312 g/mol. The van der Waals surface area contributed by atoms with Gasteiger partial charge in [-0.3, -0.25) is 4.98 Å². The second kappa shape index (κ2) is 7.81. The lowest BCUT2D eigenvalue weighted by Gasteiger charge is -2.25. The van der Waals surface area contributed by atoms with Gasteiger partial charge in [0.05, 0.1) is 10.7 Å². The maximum Gasteiger partial charge on any atom is 0.0682 e. The third-order valence-electron chi connectivity index (χ3n) is 3.44. The van der Waals surface area contributed by atoms with E-state index in [2.05, 4.69) is 41.1 Å². The number of aromatic nitrogens is 1. The Morgan fingerprint density at radius 2 is 1.82 bits per heavy atom. The molecule has 0 amide bonds. The smallest absolute Gasteiger partial charge is 0.0682 e. The molecule has 0 unspecified atom stereocenters. The zero-order chi connectivity index (χ0) is 15.9. The summed E-state index contributed by atoms with van der Waals surface area (Å²) in [6.45, 7) is 8.04. The van der Waals surface area contributed by atoms with Crippen molar-refractivity contribution in [3.05, 3.63) is 77.2 Å². The van der Waals surface area contributed by atoms with Gasteiger partial charge in [0.1, 0.15) is 0 Å². The van der Waals surface area contributed by atoms with Gasteiger partial charge in [-0.1, -0.05) is 62.4 Å². The van der Waals surface area contributed by atoms with Crippen molar-refractivity contribution >= 4 is 22.9 Å². The van der Waals surface area contributed by atoms with E-state index in [9.17, 15) is 0 Å². The molecule has 0 saturated carbocycles. The predicted octanol–water partition coefficient (Wildman–Crippen LogP) is 5.53. The van der Waals surface area contributed by atoms with Gasteiger partial charge in [0.2, 0.25) is 0 Å². The van der Waals surface area contributed by atoms with Crippen LogP contribution in [-0.2, 0) is 0 Å². The van der Waals surface area contributed by atoms with Crippen LogP contribution in [-0.4, -0.2) is 4.98 Å². The average Bonchev–Trinajstić information content (AvgIpc) is 2.58. The Kier molecular flexibility index (Phi) is 5.79. The molecule has 0 radical (unpaired) electrons.